The third-order valence-electron chi connectivity index (χ3n) is 4.92. The first kappa shape index (κ1) is 17.3. The van der Waals surface area contributed by atoms with Crippen LogP contribution < -0.4 is 11.5 Å². The van der Waals surface area contributed by atoms with E-state index in [1.54, 1.807) is 0 Å². The summed E-state index contributed by atoms with van der Waals surface area (Å²) in [6.45, 7) is 0. The van der Waals surface area contributed by atoms with Crippen LogP contribution >= 0.6 is 24.8 Å². The number of hydrogen-bond acceptors (Lipinski definition) is 2. The normalized spacial score (nSPS) is 21.5. The summed E-state index contributed by atoms with van der Waals surface area (Å²) in [6, 6.07) is 13.6. The van der Waals surface area contributed by atoms with Crippen molar-refractivity contribution in [2.24, 2.45) is 11.5 Å². The molecule has 0 amide bonds. The lowest BCUT2D eigenvalue weighted by Crippen LogP contribution is -2.05. The van der Waals surface area contributed by atoms with Gasteiger partial charge in [-0.25, -0.2) is 0 Å². The Balaban J connectivity index is 0.000000882. The van der Waals surface area contributed by atoms with Gasteiger partial charge in [-0.15, -0.1) is 24.8 Å². The van der Waals surface area contributed by atoms with E-state index in [2.05, 4.69) is 36.4 Å². The molecule has 0 saturated carbocycles. The van der Waals surface area contributed by atoms with Crippen LogP contribution in [0.15, 0.2) is 36.4 Å². The van der Waals surface area contributed by atoms with Crippen LogP contribution in [0.4, 0.5) is 0 Å². The summed E-state index contributed by atoms with van der Waals surface area (Å²) >= 11 is 0. The zero-order valence-electron chi connectivity index (χ0n) is 12.4. The van der Waals surface area contributed by atoms with Gasteiger partial charge < -0.3 is 11.5 Å². The number of hydrogen-bond donors (Lipinski definition) is 2. The fourth-order valence-electron chi connectivity index (χ4n) is 3.88. The zero-order valence-corrected chi connectivity index (χ0v) is 14.1. The Kier molecular flexibility index (Phi) is 5.18. The van der Waals surface area contributed by atoms with Gasteiger partial charge in [0.25, 0.3) is 0 Å². The molecule has 0 unspecified atom stereocenters. The van der Waals surface area contributed by atoms with Crippen molar-refractivity contribution in [3.05, 3.63) is 58.7 Å². The molecule has 2 nitrogen and oxygen atoms in total. The Hall–Kier alpha value is -1.06. The van der Waals surface area contributed by atoms with E-state index in [0.29, 0.717) is 0 Å². The molecular formula is C18H22Cl2N2. The van der Waals surface area contributed by atoms with Crippen molar-refractivity contribution in [3.63, 3.8) is 0 Å². The molecule has 0 saturated heterocycles. The fourth-order valence-corrected chi connectivity index (χ4v) is 3.88. The highest BCUT2D eigenvalue weighted by Gasteiger charge is 2.26. The van der Waals surface area contributed by atoms with E-state index in [1.807, 2.05) is 0 Å². The Morgan fingerprint density at radius 1 is 0.682 bits per heavy atom. The van der Waals surface area contributed by atoms with Gasteiger partial charge in [0, 0.05) is 12.1 Å². The highest BCUT2D eigenvalue weighted by atomic mass is 35.5. The summed E-state index contributed by atoms with van der Waals surface area (Å²) in [4.78, 5) is 0. The minimum Gasteiger partial charge on any atom is -0.324 e. The molecule has 118 valence electrons. The molecule has 4 rings (SSSR count). The summed E-state index contributed by atoms with van der Waals surface area (Å²) < 4.78 is 0. The minimum absolute atomic E-state index is 0. The summed E-state index contributed by atoms with van der Waals surface area (Å²) in [6.07, 6.45) is 4.34. The molecule has 22 heavy (non-hydrogen) atoms. The van der Waals surface area contributed by atoms with Crippen molar-refractivity contribution < 1.29 is 0 Å². The van der Waals surface area contributed by atoms with Crippen LogP contribution in [0.3, 0.4) is 0 Å². The smallest absolute Gasteiger partial charge is 0.0300 e. The lowest BCUT2D eigenvalue weighted by molar-refractivity contribution is 0.713. The first-order valence-electron chi connectivity index (χ1n) is 7.51. The lowest BCUT2D eigenvalue weighted by atomic mass is 9.91. The van der Waals surface area contributed by atoms with E-state index in [9.17, 15) is 0 Å². The maximum atomic E-state index is 6.21. The predicted molar refractivity (Wildman–Crippen MR) is 96.9 cm³/mol. The molecule has 2 atom stereocenters. The molecule has 2 aliphatic rings. The Morgan fingerprint density at radius 2 is 1.09 bits per heavy atom. The maximum Gasteiger partial charge on any atom is 0.0300 e. The molecule has 2 aromatic rings. The fraction of sp³-hybridized carbons (Fsp3) is 0.333. The molecule has 0 fully saturated rings. The van der Waals surface area contributed by atoms with Crippen LogP contribution in [0.2, 0.25) is 0 Å². The summed E-state index contributed by atoms with van der Waals surface area (Å²) in [5, 5.41) is 0. The number of fused-ring (bicyclic) bond motifs is 2. The van der Waals surface area contributed by atoms with Crippen molar-refractivity contribution in [2.45, 2.75) is 37.8 Å². The molecule has 0 spiro atoms. The van der Waals surface area contributed by atoms with Gasteiger partial charge >= 0.3 is 0 Å². The largest absolute Gasteiger partial charge is 0.324 e. The highest BCUT2D eigenvalue weighted by molar-refractivity contribution is 5.85. The molecule has 2 aromatic carbocycles. The van der Waals surface area contributed by atoms with E-state index in [-0.39, 0.29) is 36.9 Å². The molecular weight excluding hydrogens is 315 g/mol. The molecule has 2 aliphatic carbocycles. The van der Waals surface area contributed by atoms with Crippen LogP contribution in [-0.2, 0) is 12.8 Å². The maximum absolute atomic E-state index is 6.21. The van der Waals surface area contributed by atoms with Crippen LogP contribution in [0.25, 0.3) is 11.1 Å². The lowest BCUT2D eigenvalue weighted by Gasteiger charge is -2.14. The average molecular weight is 337 g/mol. The number of halogens is 2. The number of rotatable bonds is 1. The summed E-state index contributed by atoms with van der Waals surface area (Å²) in [5.74, 6) is 0. The van der Waals surface area contributed by atoms with Crippen molar-refractivity contribution in [3.8, 4) is 11.1 Å². The monoisotopic (exact) mass is 336 g/mol. The average Bonchev–Trinajstić information content (AvgIpc) is 3.03. The van der Waals surface area contributed by atoms with Gasteiger partial charge in [0.1, 0.15) is 0 Å². The second-order valence-corrected chi connectivity index (χ2v) is 6.04. The van der Waals surface area contributed by atoms with Gasteiger partial charge in [-0.3, -0.25) is 0 Å². The standard InChI is InChI=1S/C18H20N2.2ClH/c19-17-9-7-13-11(3-1-5-15(13)17)12-4-2-6-16-14(12)8-10-18(16)20;;/h1-6,17-18H,7-10,19-20H2;2*1H/t17-,18-;;/m1../s1. The first-order chi connectivity index (χ1) is 9.75. The zero-order chi connectivity index (χ0) is 13.7. The molecule has 0 aliphatic heterocycles. The molecule has 0 heterocycles. The molecule has 0 bridgehead atoms. The van der Waals surface area contributed by atoms with E-state index < -0.39 is 0 Å². The number of nitrogens with two attached hydrogens (primary N) is 2. The quantitative estimate of drug-likeness (QED) is 0.823. The van der Waals surface area contributed by atoms with E-state index in [1.165, 1.54) is 33.4 Å². The Morgan fingerprint density at radius 3 is 1.50 bits per heavy atom. The van der Waals surface area contributed by atoms with Gasteiger partial charge in [0.15, 0.2) is 0 Å². The van der Waals surface area contributed by atoms with Crippen LogP contribution in [0, 0.1) is 0 Å². The van der Waals surface area contributed by atoms with Gasteiger partial charge in [0.05, 0.1) is 0 Å². The Bertz CT molecular complexity index is 625. The van der Waals surface area contributed by atoms with Crippen molar-refractivity contribution in [1.29, 1.82) is 0 Å². The van der Waals surface area contributed by atoms with Crippen molar-refractivity contribution in [2.75, 3.05) is 0 Å². The molecule has 4 N–H and O–H groups in total. The molecule has 0 aromatic heterocycles. The minimum atomic E-state index is 0. The predicted octanol–water partition coefficient (Wildman–Crippen LogP) is 4.09. The molecule has 0 radical (unpaired) electrons. The third kappa shape index (κ3) is 2.55. The Labute approximate surface area is 144 Å². The van der Waals surface area contributed by atoms with Crippen LogP contribution in [-0.4, -0.2) is 0 Å². The summed E-state index contributed by atoms with van der Waals surface area (Å²) in [5.41, 5.74) is 20.7. The van der Waals surface area contributed by atoms with Crippen LogP contribution in [0.1, 0.15) is 47.2 Å². The van der Waals surface area contributed by atoms with Gasteiger partial charge in [-0.1, -0.05) is 36.4 Å². The SMILES string of the molecule is Cl.Cl.N[C@@H]1CCc2c(-c3cccc4c3CC[C@H]4N)cccc21. The molecule has 4 heteroatoms. The van der Waals surface area contributed by atoms with Gasteiger partial charge in [-0.2, -0.15) is 0 Å². The second kappa shape index (κ2) is 6.59. The topological polar surface area (TPSA) is 52.0 Å². The summed E-state index contributed by atoms with van der Waals surface area (Å²) in [7, 11) is 0. The second-order valence-electron chi connectivity index (χ2n) is 6.04. The highest BCUT2D eigenvalue weighted by Crippen LogP contribution is 2.41. The van der Waals surface area contributed by atoms with Gasteiger partial charge in [-0.05, 0) is 59.1 Å². The van der Waals surface area contributed by atoms with E-state index in [4.69, 9.17) is 11.5 Å². The third-order valence-corrected chi connectivity index (χ3v) is 4.92. The number of benzene rings is 2. The first-order valence-corrected chi connectivity index (χ1v) is 7.51. The van der Waals surface area contributed by atoms with Crippen molar-refractivity contribution in [1.82, 2.24) is 0 Å². The van der Waals surface area contributed by atoms with Crippen molar-refractivity contribution >= 4 is 24.8 Å². The van der Waals surface area contributed by atoms with E-state index >= 15 is 0 Å². The van der Waals surface area contributed by atoms with Crippen LogP contribution in [0.5, 0.6) is 0 Å². The van der Waals surface area contributed by atoms with Gasteiger partial charge in [0.2, 0.25) is 0 Å². The van der Waals surface area contributed by atoms with E-state index in [0.717, 1.165) is 25.7 Å².